The van der Waals surface area contributed by atoms with Gasteiger partial charge in [0.2, 0.25) is 0 Å². The second-order valence-electron chi connectivity index (χ2n) is 5.17. The number of aromatic nitrogens is 2. The Bertz CT molecular complexity index is 698. The summed E-state index contributed by atoms with van der Waals surface area (Å²) in [6.45, 7) is 0.451. The molecule has 1 fully saturated rings. The van der Waals surface area contributed by atoms with Crippen molar-refractivity contribution in [1.29, 1.82) is 0 Å². The van der Waals surface area contributed by atoms with E-state index in [1.54, 1.807) is 6.20 Å². The molecule has 3 rings (SSSR count). The lowest BCUT2D eigenvalue weighted by Gasteiger charge is -2.19. The van der Waals surface area contributed by atoms with Crippen LogP contribution in [0, 0.1) is 5.82 Å². The number of nitrogens with one attached hydrogen (secondary N) is 2. The van der Waals surface area contributed by atoms with Crippen molar-refractivity contribution in [2.45, 2.75) is 12.1 Å². The molecule has 24 heavy (non-hydrogen) atoms. The van der Waals surface area contributed by atoms with E-state index < -0.39 is 5.82 Å². The van der Waals surface area contributed by atoms with Crippen molar-refractivity contribution in [3.05, 3.63) is 41.4 Å². The zero-order valence-corrected chi connectivity index (χ0v) is 13.3. The van der Waals surface area contributed by atoms with Crippen LogP contribution in [0.5, 0.6) is 11.5 Å². The molecule has 2 heterocycles. The van der Waals surface area contributed by atoms with E-state index in [1.165, 1.54) is 18.3 Å². The van der Waals surface area contributed by atoms with Crippen molar-refractivity contribution in [3.8, 4) is 11.5 Å². The van der Waals surface area contributed by atoms with Gasteiger partial charge in [0.1, 0.15) is 17.7 Å². The number of amides is 1. The molecule has 1 amide bonds. The zero-order chi connectivity index (χ0) is 16.9. The number of aromatic amines is 1. The molecule has 2 aromatic rings. The van der Waals surface area contributed by atoms with E-state index in [0.717, 1.165) is 6.07 Å². The first kappa shape index (κ1) is 16.5. The van der Waals surface area contributed by atoms with Gasteiger partial charge in [-0.2, -0.15) is 5.10 Å². The number of rotatable bonds is 6. The molecule has 0 aliphatic carbocycles. The van der Waals surface area contributed by atoms with Crippen molar-refractivity contribution in [2.75, 3.05) is 19.8 Å². The number of carbonyl (C=O) groups excluding carboxylic acids is 1. The van der Waals surface area contributed by atoms with Crippen LogP contribution in [-0.4, -0.2) is 48.1 Å². The van der Waals surface area contributed by atoms with Crippen LogP contribution in [0.3, 0.4) is 0 Å². The lowest BCUT2D eigenvalue weighted by atomic mass is 10.2. The Kier molecular flexibility index (Phi) is 5.17. The summed E-state index contributed by atoms with van der Waals surface area (Å²) in [5, 5.41) is 9.32. The van der Waals surface area contributed by atoms with Gasteiger partial charge < -0.3 is 19.5 Å². The second kappa shape index (κ2) is 7.50. The number of hydrogen-bond donors (Lipinski definition) is 2. The standard InChI is InChI=1S/C15H15ClFN3O4/c16-11-3-9(17)1-2-13(11)23-8-15(21)20-12-6-22-7-14(12)24-10-4-18-19-5-10/h1-5,12,14H,6-8H2,(H,18,19)(H,20,21)/t12-,14+/m0/s1. The fraction of sp³-hybridized carbons (Fsp3) is 0.333. The predicted molar refractivity (Wildman–Crippen MR) is 82.7 cm³/mol. The van der Waals surface area contributed by atoms with E-state index in [4.69, 9.17) is 25.8 Å². The van der Waals surface area contributed by atoms with Gasteiger partial charge >= 0.3 is 0 Å². The summed E-state index contributed by atoms with van der Waals surface area (Å²) in [5.41, 5.74) is 0. The van der Waals surface area contributed by atoms with E-state index in [-0.39, 0.29) is 35.4 Å². The molecule has 0 unspecified atom stereocenters. The average Bonchev–Trinajstić information content (AvgIpc) is 3.20. The van der Waals surface area contributed by atoms with Gasteiger partial charge in [-0.25, -0.2) is 4.39 Å². The molecule has 1 aromatic heterocycles. The summed E-state index contributed by atoms with van der Waals surface area (Å²) in [5.74, 6) is -0.0213. The number of hydrogen-bond acceptors (Lipinski definition) is 5. The molecule has 1 aliphatic rings. The van der Waals surface area contributed by atoms with Crippen LogP contribution in [0.1, 0.15) is 0 Å². The lowest BCUT2D eigenvalue weighted by molar-refractivity contribution is -0.124. The minimum atomic E-state index is -0.473. The topological polar surface area (TPSA) is 85.5 Å². The van der Waals surface area contributed by atoms with Crippen LogP contribution in [0.25, 0.3) is 0 Å². The van der Waals surface area contributed by atoms with Crippen molar-refractivity contribution < 1.29 is 23.4 Å². The third kappa shape index (κ3) is 4.15. The van der Waals surface area contributed by atoms with E-state index in [9.17, 15) is 9.18 Å². The van der Waals surface area contributed by atoms with Gasteiger partial charge in [-0.1, -0.05) is 11.6 Å². The largest absolute Gasteiger partial charge is 0.482 e. The molecular weight excluding hydrogens is 341 g/mol. The Hall–Kier alpha value is -2.32. The Morgan fingerprint density at radius 1 is 1.50 bits per heavy atom. The molecule has 1 aromatic carbocycles. The normalized spacial score (nSPS) is 19.9. The van der Waals surface area contributed by atoms with Crippen LogP contribution in [0.4, 0.5) is 4.39 Å². The smallest absolute Gasteiger partial charge is 0.258 e. The molecule has 0 radical (unpaired) electrons. The molecule has 2 N–H and O–H groups in total. The summed E-state index contributed by atoms with van der Waals surface area (Å²) < 4.78 is 29.3. The first-order chi connectivity index (χ1) is 11.6. The van der Waals surface area contributed by atoms with Crippen LogP contribution >= 0.6 is 11.6 Å². The highest BCUT2D eigenvalue weighted by atomic mass is 35.5. The predicted octanol–water partition coefficient (Wildman–Crippen LogP) is 1.54. The quantitative estimate of drug-likeness (QED) is 0.821. The van der Waals surface area contributed by atoms with E-state index in [2.05, 4.69) is 15.5 Å². The van der Waals surface area contributed by atoms with Gasteiger partial charge in [-0.15, -0.1) is 0 Å². The minimum absolute atomic E-state index is 0.105. The van der Waals surface area contributed by atoms with Crippen molar-refractivity contribution in [2.24, 2.45) is 0 Å². The van der Waals surface area contributed by atoms with E-state index in [1.807, 2.05) is 0 Å². The zero-order valence-electron chi connectivity index (χ0n) is 12.5. The number of ether oxygens (including phenoxy) is 3. The van der Waals surface area contributed by atoms with Gasteiger partial charge in [-0.3, -0.25) is 9.89 Å². The van der Waals surface area contributed by atoms with Crippen molar-refractivity contribution >= 4 is 17.5 Å². The molecule has 128 valence electrons. The van der Waals surface area contributed by atoms with Gasteiger partial charge in [0.15, 0.2) is 12.4 Å². The number of carbonyl (C=O) groups is 1. The fourth-order valence-corrected chi connectivity index (χ4v) is 2.47. The van der Waals surface area contributed by atoms with Crippen LogP contribution in [-0.2, 0) is 9.53 Å². The maximum Gasteiger partial charge on any atom is 0.258 e. The monoisotopic (exact) mass is 355 g/mol. The molecule has 7 nitrogen and oxygen atoms in total. The van der Waals surface area contributed by atoms with Gasteiger partial charge in [0.25, 0.3) is 5.91 Å². The van der Waals surface area contributed by atoms with Crippen LogP contribution in [0.15, 0.2) is 30.6 Å². The summed E-state index contributed by atoms with van der Waals surface area (Å²) in [6, 6.07) is 3.39. The number of halogens is 2. The third-order valence-electron chi connectivity index (χ3n) is 3.39. The van der Waals surface area contributed by atoms with Crippen LogP contribution in [0.2, 0.25) is 5.02 Å². The summed E-state index contributed by atoms with van der Waals surface area (Å²) in [4.78, 5) is 12.0. The van der Waals surface area contributed by atoms with Crippen LogP contribution < -0.4 is 14.8 Å². The Balaban J connectivity index is 1.50. The molecule has 1 aliphatic heterocycles. The molecule has 0 saturated carbocycles. The number of benzene rings is 1. The molecule has 0 spiro atoms. The highest BCUT2D eigenvalue weighted by Gasteiger charge is 2.31. The first-order valence-electron chi connectivity index (χ1n) is 7.22. The highest BCUT2D eigenvalue weighted by Crippen LogP contribution is 2.24. The minimum Gasteiger partial charge on any atom is -0.482 e. The maximum absolute atomic E-state index is 13.0. The summed E-state index contributed by atoms with van der Waals surface area (Å²) >= 11 is 5.84. The Morgan fingerprint density at radius 3 is 3.12 bits per heavy atom. The maximum atomic E-state index is 13.0. The molecule has 9 heteroatoms. The Morgan fingerprint density at radius 2 is 2.38 bits per heavy atom. The second-order valence-corrected chi connectivity index (χ2v) is 5.57. The van der Waals surface area contributed by atoms with Gasteiger partial charge in [0, 0.05) is 0 Å². The first-order valence-corrected chi connectivity index (χ1v) is 7.60. The summed E-state index contributed by atoms with van der Waals surface area (Å²) in [6.07, 6.45) is 2.83. The van der Waals surface area contributed by atoms with Gasteiger partial charge in [0.05, 0.1) is 36.7 Å². The molecular formula is C15H15ClFN3O4. The SMILES string of the molecule is O=C(COc1ccc(F)cc1Cl)N[C@H]1COC[C@H]1Oc1cn[nH]c1. The molecule has 1 saturated heterocycles. The molecule has 0 bridgehead atoms. The number of H-pyrrole nitrogens is 1. The van der Waals surface area contributed by atoms with Gasteiger partial charge in [-0.05, 0) is 18.2 Å². The number of nitrogens with zero attached hydrogens (tertiary/aromatic N) is 1. The molecule has 2 atom stereocenters. The van der Waals surface area contributed by atoms with Crippen molar-refractivity contribution in [3.63, 3.8) is 0 Å². The third-order valence-corrected chi connectivity index (χ3v) is 3.68. The van der Waals surface area contributed by atoms with Crippen molar-refractivity contribution in [1.82, 2.24) is 15.5 Å². The Labute approximate surface area is 142 Å². The highest BCUT2D eigenvalue weighted by molar-refractivity contribution is 6.32. The summed E-state index contributed by atoms with van der Waals surface area (Å²) in [7, 11) is 0. The average molecular weight is 356 g/mol. The van der Waals surface area contributed by atoms with E-state index in [0.29, 0.717) is 19.0 Å². The fourth-order valence-electron chi connectivity index (χ4n) is 2.25. The lowest BCUT2D eigenvalue weighted by Crippen LogP contribution is -2.46. The van der Waals surface area contributed by atoms with E-state index >= 15 is 0 Å².